The number of rotatable bonds is 6. The van der Waals surface area contributed by atoms with Gasteiger partial charge < -0.3 is 0 Å². The minimum atomic E-state index is 0.634. The first-order valence-corrected chi connectivity index (χ1v) is 15.8. The maximum atomic E-state index is 7.21. The van der Waals surface area contributed by atoms with Crippen LogP contribution in [0.4, 0.5) is 5.69 Å². The van der Waals surface area contributed by atoms with Gasteiger partial charge in [-0.3, -0.25) is 0 Å². The highest BCUT2D eigenvalue weighted by atomic mass is 15.0. The summed E-state index contributed by atoms with van der Waals surface area (Å²) in [5.41, 5.74) is 10.2. The van der Waals surface area contributed by atoms with Crippen LogP contribution in [0.25, 0.3) is 83.2 Å². The van der Waals surface area contributed by atoms with Gasteiger partial charge in [-0.1, -0.05) is 158 Å². The lowest BCUT2D eigenvalue weighted by molar-refractivity contribution is 1.07. The van der Waals surface area contributed by atoms with Gasteiger partial charge in [-0.25, -0.2) is 19.8 Å². The maximum absolute atomic E-state index is 7.21. The van der Waals surface area contributed by atoms with Gasteiger partial charge in [0.25, 0.3) is 0 Å². The normalized spacial score (nSPS) is 10.9. The third-order valence-corrected chi connectivity index (χ3v) is 8.56. The van der Waals surface area contributed by atoms with Crippen molar-refractivity contribution in [2.75, 3.05) is 0 Å². The van der Waals surface area contributed by atoms with Gasteiger partial charge in [-0.15, -0.1) is 0 Å². The molecule has 0 bridgehead atoms. The van der Waals surface area contributed by atoms with Crippen molar-refractivity contribution in [3.63, 3.8) is 0 Å². The van der Waals surface area contributed by atoms with E-state index in [2.05, 4.69) is 89.8 Å². The van der Waals surface area contributed by atoms with Crippen molar-refractivity contribution < 1.29 is 0 Å². The fourth-order valence-corrected chi connectivity index (χ4v) is 6.05. The molecule has 0 atom stereocenters. The number of hydrogen-bond donors (Lipinski definition) is 0. The lowest BCUT2D eigenvalue weighted by Crippen LogP contribution is -2.00. The van der Waals surface area contributed by atoms with Gasteiger partial charge in [-0.05, 0) is 56.3 Å². The van der Waals surface area contributed by atoms with Crippen LogP contribution >= 0.6 is 0 Å². The summed E-state index contributed by atoms with van der Waals surface area (Å²) < 4.78 is 0. The molecule has 1 heterocycles. The Labute approximate surface area is 279 Å². The summed E-state index contributed by atoms with van der Waals surface area (Å²) in [4.78, 5) is 18.3. The lowest BCUT2D eigenvalue weighted by Gasteiger charge is -2.12. The largest absolute Gasteiger partial charge is 0.238 e. The minimum Gasteiger partial charge on any atom is -0.238 e. The highest BCUT2D eigenvalue weighted by Gasteiger charge is 2.14. The minimum absolute atomic E-state index is 0.634. The van der Waals surface area contributed by atoms with Crippen LogP contribution in [0.2, 0.25) is 0 Å². The van der Waals surface area contributed by atoms with Gasteiger partial charge in [0, 0.05) is 16.7 Å². The Hall–Kier alpha value is -6.70. The second-order valence-corrected chi connectivity index (χ2v) is 11.6. The number of hydrogen-bond acceptors (Lipinski definition) is 3. The molecular weight excluding hydrogens is 585 g/mol. The Morgan fingerprint density at radius 1 is 0.354 bits per heavy atom. The molecular formula is C44H28N4. The molecule has 0 saturated heterocycles. The van der Waals surface area contributed by atoms with E-state index < -0.39 is 0 Å². The van der Waals surface area contributed by atoms with E-state index in [4.69, 9.17) is 21.5 Å². The van der Waals surface area contributed by atoms with Crippen LogP contribution in [0, 0.1) is 6.57 Å². The molecule has 1 aromatic heterocycles. The highest BCUT2D eigenvalue weighted by Crippen LogP contribution is 2.35. The molecule has 48 heavy (non-hydrogen) atoms. The SMILES string of the molecule is [C-]#[N+]c1ccc(-c2ccc(-c3ccc4cccc(-c5cccc(-c6nc(-c7ccccc7)nc(-c7ccccc7)n6)c5)c4c3)cc2)cc1. The molecule has 0 aliphatic heterocycles. The van der Waals surface area contributed by atoms with Crippen LogP contribution in [0.5, 0.6) is 0 Å². The number of aromatic nitrogens is 3. The van der Waals surface area contributed by atoms with Gasteiger partial charge in [0.05, 0.1) is 6.57 Å². The molecule has 8 rings (SSSR count). The molecule has 0 aliphatic carbocycles. The summed E-state index contributed by atoms with van der Waals surface area (Å²) in [5.74, 6) is 1.92. The quantitative estimate of drug-likeness (QED) is 0.175. The van der Waals surface area contributed by atoms with Crippen molar-refractivity contribution in [2.45, 2.75) is 0 Å². The molecule has 0 radical (unpaired) electrons. The van der Waals surface area contributed by atoms with E-state index in [0.29, 0.717) is 23.2 Å². The topological polar surface area (TPSA) is 43.0 Å². The highest BCUT2D eigenvalue weighted by molar-refractivity contribution is 5.99. The molecule has 0 saturated carbocycles. The fraction of sp³-hybridized carbons (Fsp3) is 0. The van der Waals surface area contributed by atoms with Gasteiger partial charge in [0.15, 0.2) is 23.2 Å². The number of fused-ring (bicyclic) bond motifs is 1. The first-order chi connectivity index (χ1) is 23.7. The van der Waals surface area contributed by atoms with E-state index in [1.165, 1.54) is 10.8 Å². The second-order valence-electron chi connectivity index (χ2n) is 11.6. The molecule has 8 aromatic rings. The predicted octanol–water partition coefficient (Wildman–Crippen LogP) is 11.6. The Balaban J connectivity index is 1.18. The Kier molecular flexibility index (Phi) is 7.54. The van der Waals surface area contributed by atoms with E-state index in [9.17, 15) is 0 Å². The van der Waals surface area contributed by atoms with Crippen LogP contribution in [0.15, 0.2) is 170 Å². The van der Waals surface area contributed by atoms with Crippen LogP contribution < -0.4 is 0 Å². The van der Waals surface area contributed by atoms with Crippen molar-refractivity contribution in [3.8, 4) is 67.5 Å². The molecule has 7 aromatic carbocycles. The molecule has 4 heteroatoms. The summed E-state index contributed by atoms with van der Waals surface area (Å²) >= 11 is 0. The Morgan fingerprint density at radius 3 is 1.44 bits per heavy atom. The monoisotopic (exact) mass is 612 g/mol. The van der Waals surface area contributed by atoms with E-state index in [0.717, 1.165) is 50.1 Å². The van der Waals surface area contributed by atoms with Crippen molar-refractivity contribution in [3.05, 3.63) is 181 Å². The fourth-order valence-electron chi connectivity index (χ4n) is 6.05. The molecule has 0 amide bonds. The maximum Gasteiger partial charge on any atom is 0.187 e. The third-order valence-electron chi connectivity index (χ3n) is 8.56. The Morgan fingerprint density at radius 2 is 0.833 bits per heavy atom. The van der Waals surface area contributed by atoms with E-state index >= 15 is 0 Å². The van der Waals surface area contributed by atoms with Crippen LogP contribution in [0.1, 0.15) is 0 Å². The Bertz CT molecular complexity index is 2370. The van der Waals surface area contributed by atoms with Crippen molar-refractivity contribution in [2.24, 2.45) is 0 Å². The average Bonchev–Trinajstić information content (AvgIpc) is 3.18. The van der Waals surface area contributed by atoms with Gasteiger partial charge in [0.2, 0.25) is 0 Å². The van der Waals surface area contributed by atoms with Crippen LogP contribution in [0.3, 0.4) is 0 Å². The van der Waals surface area contributed by atoms with Gasteiger partial charge in [-0.2, -0.15) is 0 Å². The number of nitrogens with zero attached hydrogens (tertiary/aromatic N) is 4. The van der Waals surface area contributed by atoms with Gasteiger partial charge >= 0.3 is 0 Å². The summed E-state index contributed by atoms with van der Waals surface area (Å²) in [6, 6.07) is 58.0. The predicted molar refractivity (Wildman–Crippen MR) is 196 cm³/mol. The van der Waals surface area contributed by atoms with E-state index in [-0.39, 0.29) is 0 Å². The zero-order valence-corrected chi connectivity index (χ0v) is 26.0. The molecule has 0 spiro atoms. The third kappa shape index (κ3) is 5.73. The first kappa shape index (κ1) is 28.8. The van der Waals surface area contributed by atoms with Crippen LogP contribution in [-0.4, -0.2) is 15.0 Å². The summed E-state index contributed by atoms with van der Waals surface area (Å²) in [6.07, 6.45) is 0. The first-order valence-electron chi connectivity index (χ1n) is 15.8. The van der Waals surface area contributed by atoms with E-state index in [1.807, 2.05) is 84.9 Å². The molecule has 224 valence electrons. The standard InChI is InChI=1S/C44H28N4/c1-45-39-26-24-31(25-27-39)30-18-20-32(21-19-30)36-23-22-33-14-9-17-40(41(33)29-36)37-15-8-16-38(28-37)44-47-42(34-10-4-2-5-11-34)46-43(48-44)35-12-6-3-7-13-35/h2-29H. The smallest absolute Gasteiger partial charge is 0.187 e. The zero-order valence-electron chi connectivity index (χ0n) is 26.0. The summed E-state index contributed by atoms with van der Waals surface area (Å²) in [5, 5.41) is 2.35. The number of benzene rings is 7. The molecule has 0 N–H and O–H groups in total. The van der Waals surface area contributed by atoms with Crippen molar-refractivity contribution in [1.29, 1.82) is 0 Å². The van der Waals surface area contributed by atoms with Gasteiger partial charge in [0.1, 0.15) is 0 Å². The lowest BCUT2D eigenvalue weighted by atomic mass is 9.93. The summed E-state index contributed by atoms with van der Waals surface area (Å²) in [6.45, 7) is 7.21. The van der Waals surface area contributed by atoms with Crippen molar-refractivity contribution >= 4 is 16.5 Å². The summed E-state index contributed by atoms with van der Waals surface area (Å²) in [7, 11) is 0. The zero-order chi connectivity index (χ0) is 32.3. The van der Waals surface area contributed by atoms with Crippen LogP contribution in [-0.2, 0) is 0 Å². The molecule has 0 aliphatic rings. The average molecular weight is 613 g/mol. The molecule has 0 unspecified atom stereocenters. The second kappa shape index (κ2) is 12.6. The van der Waals surface area contributed by atoms with E-state index in [1.54, 1.807) is 0 Å². The molecule has 0 fully saturated rings. The van der Waals surface area contributed by atoms with Crippen molar-refractivity contribution in [1.82, 2.24) is 15.0 Å². The molecule has 4 nitrogen and oxygen atoms in total.